The zero-order valence-corrected chi connectivity index (χ0v) is 7.97. The van der Waals surface area contributed by atoms with Crippen LogP contribution in [0.2, 0.25) is 0 Å². The van der Waals surface area contributed by atoms with E-state index in [0.717, 1.165) is 10.8 Å². The van der Waals surface area contributed by atoms with Crippen molar-refractivity contribution in [3.8, 4) is 0 Å². The summed E-state index contributed by atoms with van der Waals surface area (Å²) in [5, 5.41) is 12.3. The molecule has 0 radical (unpaired) electrons. The van der Waals surface area contributed by atoms with Crippen molar-refractivity contribution in [2.45, 2.75) is 13.0 Å². The van der Waals surface area contributed by atoms with E-state index in [1.165, 1.54) is 6.20 Å². The summed E-state index contributed by atoms with van der Waals surface area (Å²) in [7, 11) is 0. The summed E-state index contributed by atoms with van der Waals surface area (Å²) in [4.78, 5) is 24.1. The monoisotopic (exact) mass is 234 g/mol. The number of halogens is 2. The van der Waals surface area contributed by atoms with E-state index >= 15 is 0 Å². The van der Waals surface area contributed by atoms with Gasteiger partial charge in [-0.1, -0.05) is 4.98 Å². The highest BCUT2D eigenvalue weighted by Gasteiger charge is 2.17. The van der Waals surface area contributed by atoms with E-state index in [0.29, 0.717) is 0 Å². The third kappa shape index (κ3) is 3.26. The smallest absolute Gasteiger partial charge is 0.390 e. The lowest BCUT2D eigenvalue weighted by molar-refractivity contribution is -0.396. The Morgan fingerprint density at radius 1 is 1.69 bits per heavy atom. The largest absolute Gasteiger partial charge is 0.435 e. The van der Waals surface area contributed by atoms with Gasteiger partial charge < -0.3 is 15.4 Å². The Morgan fingerprint density at radius 2 is 2.38 bits per heavy atom. The minimum atomic E-state index is -2.65. The Hall–Kier alpha value is -2.06. The number of nitro groups is 1. The molecule has 0 fully saturated rings. The predicted octanol–water partition coefficient (Wildman–Crippen LogP) is 0.173. The Kier molecular flexibility index (Phi) is 3.86. The van der Waals surface area contributed by atoms with Gasteiger partial charge in [-0.3, -0.25) is 4.79 Å². The highest BCUT2D eigenvalue weighted by molar-refractivity contribution is 5.75. The fourth-order valence-electron chi connectivity index (χ4n) is 0.998. The first-order chi connectivity index (χ1) is 7.50. The van der Waals surface area contributed by atoms with Gasteiger partial charge in [0.15, 0.2) is 6.54 Å². The Labute approximate surface area is 88.2 Å². The molecule has 0 spiro atoms. The maximum atomic E-state index is 11.7. The fraction of sp³-hybridized carbons (Fsp3) is 0.429. The molecule has 1 aromatic heterocycles. The molecule has 9 heteroatoms. The van der Waals surface area contributed by atoms with Crippen molar-refractivity contribution in [2.24, 2.45) is 0 Å². The molecule has 1 aromatic rings. The number of rotatable bonds is 5. The molecule has 0 aliphatic carbocycles. The van der Waals surface area contributed by atoms with Crippen molar-refractivity contribution >= 4 is 11.9 Å². The SMILES string of the molecule is O=C(Cn1ccnc1[N+](=O)[O-])NCC(F)F. The number of carbonyl (C=O) groups is 1. The lowest BCUT2D eigenvalue weighted by Crippen LogP contribution is -2.31. The minimum Gasteiger partial charge on any atom is -0.390 e. The van der Waals surface area contributed by atoms with Crippen LogP contribution in [0.1, 0.15) is 0 Å². The molecule has 0 saturated carbocycles. The van der Waals surface area contributed by atoms with Gasteiger partial charge >= 0.3 is 5.95 Å². The van der Waals surface area contributed by atoms with Crippen LogP contribution in [0.15, 0.2) is 12.4 Å². The number of nitrogens with one attached hydrogen (secondary N) is 1. The number of hydrogen-bond donors (Lipinski definition) is 1. The predicted molar refractivity (Wildman–Crippen MR) is 47.9 cm³/mol. The highest BCUT2D eigenvalue weighted by atomic mass is 19.3. The number of aromatic nitrogens is 2. The number of amides is 1. The van der Waals surface area contributed by atoms with E-state index in [-0.39, 0.29) is 0 Å². The van der Waals surface area contributed by atoms with Crippen LogP contribution >= 0.6 is 0 Å². The first kappa shape index (κ1) is 12.0. The molecule has 0 unspecified atom stereocenters. The summed E-state index contributed by atoms with van der Waals surface area (Å²) in [6, 6.07) is 0. The van der Waals surface area contributed by atoms with Gasteiger partial charge in [0.05, 0.1) is 6.54 Å². The topological polar surface area (TPSA) is 90.1 Å². The van der Waals surface area contributed by atoms with Gasteiger partial charge in [0.25, 0.3) is 12.3 Å². The first-order valence-electron chi connectivity index (χ1n) is 4.21. The Morgan fingerprint density at radius 3 is 2.94 bits per heavy atom. The van der Waals surface area contributed by atoms with Gasteiger partial charge in [-0.2, -0.15) is 0 Å². The van der Waals surface area contributed by atoms with Crippen LogP contribution < -0.4 is 5.32 Å². The van der Waals surface area contributed by atoms with Gasteiger partial charge in [-0.05, 0) is 4.92 Å². The van der Waals surface area contributed by atoms with Crippen molar-refractivity contribution in [3.63, 3.8) is 0 Å². The second-order valence-corrected chi connectivity index (χ2v) is 2.81. The van der Waals surface area contributed by atoms with Gasteiger partial charge in [-0.25, -0.2) is 13.3 Å². The molecule has 1 N–H and O–H groups in total. The summed E-state index contributed by atoms with van der Waals surface area (Å²) < 4.78 is 24.4. The summed E-state index contributed by atoms with van der Waals surface area (Å²) in [5.74, 6) is -1.24. The van der Waals surface area contributed by atoms with Crippen molar-refractivity contribution in [1.29, 1.82) is 0 Å². The van der Waals surface area contributed by atoms with Crippen molar-refractivity contribution < 1.29 is 18.5 Å². The average Bonchev–Trinajstić information content (AvgIpc) is 2.62. The molecule has 0 atom stereocenters. The van der Waals surface area contributed by atoms with E-state index in [1.54, 1.807) is 0 Å². The lowest BCUT2D eigenvalue weighted by atomic mass is 10.5. The molecule has 16 heavy (non-hydrogen) atoms. The summed E-state index contributed by atoms with van der Waals surface area (Å²) in [6.45, 7) is -1.19. The third-order valence-corrected chi connectivity index (χ3v) is 1.62. The molecular formula is C7H8F2N4O3. The normalized spacial score (nSPS) is 10.4. The zero-order valence-electron chi connectivity index (χ0n) is 7.97. The fourth-order valence-corrected chi connectivity index (χ4v) is 0.998. The van der Waals surface area contributed by atoms with Crippen LogP contribution in [0.3, 0.4) is 0 Å². The van der Waals surface area contributed by atoms with Crippen LogP contribution in [0.5, 0.6) is 0 Å². The summed E-state index contributed by atoms with van der Waals surface area (Å²) in [6.07, 6.45) is -0.278. The third-order valence-electron chi connectivity index (χ3n) is 1.62. The second-order valence-electron chi connectivity index (χ2n) is 2.81. The van der Waals surface area contributed by atoms with Crippen molar-refractivity contribution in [3.05, 3.63) is 22.5 Å². The number of hydrogen-bond acceptors (Lipinski definition) is 4. The molecule has 1 heterocycles. The quantitative estimate of drug-likeness (QED) is 0.581. The molecule has 0 saturated heterocycles. The van der Waals surface area contributed by atoms with Gasteiger partial charge in [0, 0.05) is 0 Å². The molecule has 0 aromatic carbocycles. The van der Waals surface area contributed by atoms with Gasteiger partial charge in [0.2, 0.25) is 0 Å². The van der Waals surface area contributed by atoms with Crippen LogP contribution in [0.25, 0.3) is 0 Å². The number of imidazole rings is 1. The summed E-state index contributed by atoms with van der Waals surface area (Å²) >= 11 is 0. The molecule has 0 aliphatic heterocycles. The second kappa shape index (κ2) is 5.14. The lowest BCUT2D eigenvalue weighted by Gasteiger charge is -2.03. The van der Waals surface area contributed by atoms with Gasteiger partial charge in [0.1, 0.15) is 12.4 Å². The van der Waals surface area contributed by atoms with Crippen LogP contribution in [0, 0.1) is 10.1 Å². The number of nitrogens with zero attached hydrogens (tertiary/aromatic N) is 3. The highest BCUT2D eigenvalue weighted by Crippen LogP contribution is 2.06. The van der Waals surface area contributed by atoms with E-state index < -0.39 is 36.3 Å². The number of alkyl halides is 2. The Balaban J connectivity index is 2.56. The molecule has 0 aliphatic rings. The van der Waals surface area contributed by atoms with Crippen molar-refractivity contribution in [1.82, 2.24) is 14.9 Å². The number of carbonyl (C=O) groups excluding carboxylic acids is 1. The molecule has 7 nitrogen and oxygen atoms in total. The van der Waals surface area contributed by atoms with Gasteiger partial charge in [-0.15, -0.1) is 0 Å². The molecule has 88 valence electrons. The Bertz CT molecular complexity index is 393. The first-order valence-corrected chi connectivity index (χ1v) is 4.21. The van der Waals surface area contributed by atoms with E-state index in [2.05, 4.69) is 4.98 Å². The van der Waals surface area contributed by atoms with E-state index in [9.17, 15) is 23.7 Å². The standard InChI is InChI=1S/C7H8F2N4O3/c8-5(9)3-11-6(14)4-12-2-1-10-7(12)13(15)16/h1-2,5H,3-4H2,(H,11,14). The maximum Gasteiger partial charge on any atom is 0.435 e. The van der Waals surface area contributed by atoms with Crippen molar-refractivity contribution in [2.75, 3.05) is 6.54 Å². The van der Waals surface area contributed by atoms with Crippen LogP contribution in [-0.2, 0) is 11.3 Å². The molecule has 0 bridgehead atoms. The zero-order chi connectivity index (χ0) is 12.1. The molecular weight excluding hydrogens is 226 g/mol. The minimum absolute atomic E-state index is 0.414. The van der Waals surface area contributed by atoms with Crippen LogP contribution in [0.4, 0.5) is 14.7 Å². The van der Waals surface area contributed by atoms with E-state index in [4.69, 9.17) is 0 Å². The molecule has 1 amide bonds. The average molecular weight is 234 g/mol. The molecule has 1 rings (SSSR count). The van der Waals surface area contributed by atoms with E-state index in [1.807, 2.05) is 5.32 Å². The summed E-state index contributed by atoms with van der Waals surface area (Å²) in [5.41, 5.74) is 0. The van der Waals surface area contributed by atoms with Crippen LogP contribution in [-0.4, -0.2) is 33.4 Å². The maximum absolute atomic E-state index is 11.7.